The molecule has 3 rings (SSSR count). The summed E-state index contributed by atoms with van der Waals surface area (Å²) in [4.78, 5) is 0. The zero-order chi connectivity index (χ0) is 9.54. The van der Waals surface area contributed by atoms with Crippen LogP contribution in [0.25, 0.3) is 0 Å². The Kier molecular flexibility index (Phi) is 1.65. The van der Waals surface area contributed by atoms with Gasteiger partial charge in [0.2, 0.25) is 0 Å². The van der Waals surface area contributed by atoms with Crippen molar-refractivity contribution in [3.8, 4) is 11.5 Å². The smallest absolute Gasteiger partial charge is 0.360 e. The van der Waals surface area contributed by atoms with E-state index in [0.717, 1.165) is 23.7 Å². The van der Waals surface area contributed by atoms with E-state index < -0.39 is 6.48 Å². The summed E-state index contributed by atoms with van der Waals surface area (Å²) in [6.07, 6.45) is 0.241. The van der Waals surface area contributed by atoms with Crippen LogP contribution in [-0.4, -0.2) is 20.2 Å². The maximum Gasteiger partial charge on any atom is 0.360 e. The van der Waals surface area contributed by atoms with E-state index in [-0.39, 0.29) is 6.10 Å². The van der Waals surface area contributed by atoms with Gasteiger partial charge in [0.05, 0.1) is 6.61 Å². The molecule has 1 saturated heterocycles. The second kappa shape index (κ2) is 2.87. The Morgan fingerprint density at radius 2 is 2.07 bits per heavy atom. The van der Waals surface area contributed by atoms with Gasteiger partial charge in [-0.3, -0.25) is 0 Å². The lowest BCUT2D eigenvalue weighted by Gasteiger charge is -2.05. The fraction of sp³-hybridized carbons (Fsp3) is 0.400. The number of methoxy groups -OCH3 is 1. The molecule has 2 heterocycles. The zero-order valence-corrected chi connectivity index (χ0v) is 7.73. The first kappa shape index (κ1) is 8.08. The fourth-order valence-electron chi connectivity index (χ4n) is 1.48. The van der Waals surface area contributed by atoms with Crippen LogP contribution in [0.1, 0.15) is 11.7 Å². The molecule has 0 bridgehead atoms. The maximum atomic E-state index is 5.37. The van der Waals surface area contributed by atoms with Crippen molar-refractivity contribution in [3.63, 3.8) is 0 Å². The van der Waals surface area contributed by atoms with Gasteiger partial charge < -0.3 is 18.9 Å². The summed E-state index contributed by atoms with van der Waals surface area (Å²) in [7, 11) is 1.54. The molecule has 14 heavy (non-hydrogen) atoms. The summed E-state index contributed by atoms with van der Waals surface area (Å²) in [5.74, 6) is 1.45. The molecule has 1 fully saturated rings. The Morgan fingerprint density at radius 3 is 2.79 bits per heavy atom. The van der Waals surface area contributed by atoms with Crippen molar-refractivity contribution >= 4 is 0 Å². The highest BCUT2D eigenvalue weighted by Gasteiger charge is 2.29. The average molecular weight is 194 g/mol. The molecule has 0 N–H and O–H groups in total. The lowest BCUT2D eigenvalue weighted by molar-refractivity contribution is -0.157. The lowest BCUT2D eigenvalue weighted by atomic mass is 10.1. The van der Waals surface area contributed by atoms with Gasteiger partial charge in [-0.1, -0.05) is 6.07 Å². The first-order valence-electron chi connectivity index (χ1n) is 4.48. The molecular formula is C10H10O4. The molecule has 0 spiro atoms. The van der Waals surface area contributed by atoms with Crippen LogP contribution >= 0.6 is 0 Å². The molecule has 4 nitrogen and oxygen atoms in total. The minimum absolute atomic E-state index is 0.241. The average Bonchev–Trinajstić information content (AvgIpc) is 2.97. The second-order valence-electron chi connectivity index (χ2n) is 3.29. The Morgan fingerprint density at radius 1 is 1.29 bits per heavy atom. The van der Waals surface area contributed by atoms with Crippen LogP contribution in [0.2, 0.25) is 0 Å². The Balaban J connectivity index is 1.89. The molecule has 1 unspecified atom stereocenters. The van der Waals surface area contributed by atoms with E-state index in [0.29, 0.717) is 0 Å². The molecule has 2 aliphatic rings. The standard InChI is InChI=1S/C10H10O4/c1-11-10-13-7-3-2-6(9-5-12-9)4-8(7)14-10/h2-4,9-10H,5H2,1H3/t9?,10-/m1/s1. The first-order chi connectivity index (χ1) is 6.86. The summed E-state index contributed by atoms with van der Waals surface area (Å²) in [6, 6.07) is 5.80. The number of benzene rings is 1. The van der Waals surface area contributed by atoms with Gasteiger partial charge in [0.25, 0.3) is 0 Å². The molecule has 0 saturated carbocycles. The van der Waals surface area contributed by atoms with Crippen molar-refractivity contribution in [1.29, 1.82) is 0 Å². The highest BCUT2D eigenvalue weighted by molar-refractivity contribution is 5.45. The Hall–Kier alpha value is -1.26. The molecular weight excluding hydrogens is 184 g/mol. The van der Waals surface area contributed by atoms with E-state index in [1.165, 1.54) is 0 Å². The highest BCUT2D eigenvalue weighted by atomic mass is 16.9. The summed E-state index contributed by atoms with van der Waals surface area (Å²) in [6.45, 7) is 0.188. The van der Waals surface area contributed by atoms with Crippen molar-refractivity contribution in [1.82, 2.24) is 0 Å². The zero-order valence-electron chi connectivity index (χ0n) is 7.73. The summed E-state index contributed by atoms with van der Waals surface area (Å²) < 4.78 is 20.8. The molecule has 2 aliphatic heterocycles. The van der Waals surface area contributed by atoms with Crippen LogP contribution in [0.15, 0.2) is 18.2 Å². The number of hydrogen-bond donors (Lipinski definition) is 0. The van der Waals surface area contributed by atoms with Gasteiger partial charge in [-0.05, 0) is 17.7 Å². The summed E-state index contributed by atoms with van der Waals surface area (Å²) >= 11 is 0. The molecule has 74 valence electrons. The summed E-state index contributed by atoms with van der Waals surface area (Å²) in [5.41, 5.74) is 1.13. The van der Waals surface area contributed by atoms with Gasteiger partial charge in [0, 0.05) is 7.11 Å². The third-order valence-corrected chi connectivity index (χ3v) is 2.31. The third-order valence-electron chi connectivity index (χ3n) is 2.31. The molecule has 0 amide bonds. The van der Waals surface area contributed by atoms with Gasteiger partial charge in [-0.15, -0.1) is 0 Å². The fourth-order valence-corrected chi connectivity index (χ4v) is 1.48. The monoisotopic (exact) mass is 194 g/mol. The highest BCUT2D eigenvalue weighted by Crippen LogP contribution is 2.39. The minimum Gasteiger partial charge on any atom is -0.428 e. The van der Waals surface area contributed by atoms with Gasteiger partial charge in [0.1, 0.15) is 6.10 Å². The quantitative estimate of drug-likeness (QED) is 0.668. The van der Waals surface area contributed by atoms with Crippen LogP contribution in [0.5, 0.6) is 11.5 Å². The number of hydrogen-bond acceptors (Lipinski definition) is 4. The van der Waals surface area contributed by atoms with E-state index in [2.05, 4.69) is 0 Å². The van der Waals surface area contributed by atoms with Gasteiger partial charge in [0.15, 0.2) is 11.5 Å². The van der Waals surface area contributed by atoms with Crippen LogP contribution in [0.4, 0.5) is 0 Å². The summed E-state index contributed by atoms with van der Waals surface area (Å²) in [5, 5.41) is 0. The van der Waals surface area contributed by atoms with Crippen molar-refractivity contribution in [2.24, 2.45) is 0 Å². The van der Waals surface area contributed by atoms with Gasteiger partial charge in [-0.25, -0.2) is 0 Å². The predicted octanol–water partition coefficient (Wildman–Crippen LogP) is 1.46. The Labute approximate surface area is 81.3 Å². The third kappa shape index (κ3) is 1.23. The Bertz CT molecular complexity index is 359. The van der Waals surface area contributed by atoms with Crippen molar-refractivity contribution < 1.29 is 18.9 Å². The van der Waals surface area contributed by atoms with Crippen LogP contribution in [-0.2, 0) is 9.47 Å². The molecule has 0 radical (unpaired) electrons. The van der Waals surface area contributed by atoms with E-state index in [4.69, 9.17) is 18.9 Å². The minimum atomic E-state index is -0.611. The second-order valence-corrected chi connectivity index (χ2v) is 3.29. The maximum absolute atomic E-state index is 5.37. The predicted molar refractivity (Wildman–Crippen MR) is 47.2 cm³/mol. The van der Waals surface area contributed by atoms with Gasteiger partial charge >= 0.3 is 6.48 Å². The topological polar surface area (TPSA) is 40.2 Å². The van der Waals surface area contributed by atoms with E-state index >= 15 is 0 Å². The number of epoxide rings is 1. The van der Waals surface area contributed by atoms with Gasteiger partial charge in [-0.2, -0.15) is 0 Å². The molecule has 1 aromatic rings. The number of ether oxygens (including phenoxy) is 4. The molecule has 4 heteroatoms. The number of rotatable bonds is 2. The van der Waals surface area contributed by atoms with Crippen LogP contribution < -0.4 is 9.47 Å². The van der Waals surface area contributed by atoms with E-state index in [1.54, 1.807) is 7.11 Å². The normalized spacial score (nSPS) is 27.8. The lowest BCUT2D eigenvalue weighted by Crippen LogP contribution is -2.19. The molecule has 0 aliphatic carbocycles. The van der Waals surface area contributed by atoms with Crippen LogP contribution in [0, 0.1) is 0 Å². The van der Waals surface area contributed by atoms with E-state index in [1.807, 2.05) is 18.2 Å². The number of fused-ring (bicyclic) bond motifs is 1. The first-order valence-corrected chi connectivity index (χ1v) is 4.48. The molecule has 0 aromatic heterocycles. The van der Waals surface area contributed by atoms with E-state index in [9.17, 15) is 0 Å². The molecule has 1 aromatic carbocycles. The molecule has 2 atom stereocenters. The largest absolute Gasteiger partial charge is 0.428 e. The van der Waals surface area contributed by atoms with Crippen molar-refractivity contribution in [3.05, 3.63) is 23.8 Å². The van der Waals surface area contributed by atoms with Crippen molar-refractivity contribution in [2.45, 2.75) is 12.6 Å². The van der Waals surface area contributed by atoms with Crippen molar-refractivity contribution in [2.75, 3.05) is 13.7 Å². The van der Waals surface area contributed by atoms with Crippen LogP contribution in [0.3, 0.4) is 0 Å². The SMILES string of the molecule is CO[C@@H]1Oc2ccc(C3CO3)cc2O1.